The molecular formula is C13H19N5O2. The van der Waals surface area contributed by atoms with E-state index in [0.29, 0.717) is 11.8 Å². The predicted octanol–water partition coefficient (Wildman–Crippen LogP) is 1.01. The minimum absolute atomic E-state index is 0.0153. The lowest BCUT2D eigenvalue weighted by Gasteiger charge is -2.36. The van der Waals surface area contributed by atoms with E-state index < -0.39 is 4.92 Å². The molecule has 20 heavy (non-hydrogen) atoms. The molecule has 2 atom stereocenters. The molecule has 2 unspecified atom stereocenters. The number of nitro groups is 1. The Bertz CT molecular complexity index is 560. The summed E-state index contributed by atoms with van der Waals surface area (Å²) in [6.07, 6.45) is 0. The van der Waals surface area contributed by atoms with E-state index in [1.165, 1.54) is 6.07 Å². The summed E-state index contributed by atoms with van der Waals surface area (Å²) in [6, 6.07) is 3.14. The molecule has 2 saturated heterocycles. The van der Waals surface area contributed by atoms with Crippen LogP contribution >= 0.6 is 0 Å². The third-order valence-corrected chi connectivity index (χ3v) is 4.72. The molecule has 0 aliphatic carbocycles. The van der Waals surface area contributed by atoms with E-state index in [2.05, 4.69) is 29.0 Å². The van der Waals surface area contributed by atoms with Gasteiger partial charge in [-0.1, -0.05) is 0 Å². The Balaban J connectivity index is 1.94. The third-order valence-electron chi connectivity index (χ3n) is 4.72. The number of pyridine rings is 1. The fraction of sp³-hybridized carbons (Fsp3) is 0.615. The summed E-state index contributed by atoms with van der Waals surface area (Å²) in [7, 11) is 0. The van der Waals surface area contributed by atoms with E-state index in [1.54, 1.807) is 6.07 Å². The molecule has 2 aliphatic heterocycles. The van der Waals surface area contributed by atoms with Crippen molar-refractivity contribution in [3.63, 3.8) is 0 Å². The lowest BCUT2D eigenvalue weighted by Crippen LogP contribution is -2.45. The van der Waals surface area contributed by atoms with Crippen LogP contribution in [0.5, 0.6) is 0 Å². The van der Waals surface area contributed by atoms with Gasteiger partial charge in [-0.25, -0.2) is 4.98 Å². The standard InChI is InChI=1S/C13H19N5O2/c1-13(2)9-6-15-5-8(9)7-17(13)11-4-3-10(18(19)20)12(14)16-11/h3-4,8-9,15H,5-7H2,1-2H3,(H2,14,16). The molecule has 0 aromatic carbocycles. The van der Waals surface area contributed by atoms with Crippen molar-refractivity contribution in [3.05, 3.63) is 22.2 Å². The van der Waals surface area contributed by atoms with Crippen molar-refractivity contribution in [2.45, 2.75) is 19.4 Å². The zero-order valence-corrected chi connectivity index (χ0v) is 11.7. The summed E-state index contributed by atoms with van der Waals surface area (Å²) in [5, 5.41) is 14.2. The number of nitrogens with one attached hydrogen (secondary N) is 1. The molecule has 0 bridgehead atoms. The molecule has 3 heterocycles. The van der Waals surface area contributed by atoms with Gasteiger partial charge in [-0.05, 0) is 31.7 Å². The highest BCUT2D eigenvalue weighted by molar-refractivity contribution is 5.59. The Labute approximate surface area is 117 Å². The third kappa shape index (κ3) is 1.81. The average Bonchev–Trinajstić information content (AvgIpc) is 2.91. The minimum atomic E-state index is -0.500. The van der Waals surface area contributed by atoms with Crippen LogP contribution in [0.4, 0.5) is 17.3 Å². The van der Waals surface area contributed by atoms with Gasteiger partial charge in [-0.3, -0.25) is 10.1 Å². The van der Waals surface area contributed by atoms with Crippen molar-refractivity contribution < 1.29 is 4.92 Å². The Morgan fingerprint density at radius 1 is 1.50 bits per heavy atom. The van der Waals surface area contributed by atoms with Gasteiger partial charge in [0.25, 0.3) is 0 Å². The minimum Gasteiger partial charge on any atom is -0.378 e. The van der Waals surface area contributed by atoms with Gasteiger partial charge >= 0.3 is 5.69 Å². The molecule has 2 aliphatic rings. The Kier molecular flexibility index (Phi) is 2.82. The lowest BCUT2D eigenvalue weighted by molar-refractivity contribution is -0.384. The second-order valence-corrected chi connectivity index (χ2v) is 6.12. The van der Waals surface area contributed by atoms with Crippen LogP contribution in [0.1, 0.15) is 13.8 Å². The van der Waals surface area contributed by atoms with Crippen LogP contribution in [0.2, 0.25) is 0 Å². The fourth-order valence-corrected chi connectivity index (χ4v) is 3.57. The van der Waals surface area contributed by atoms with Crippen LogP contribution in [0.3, 0.4) is 0 Å². The largest absolute Gasteiger partial charge is 0.378 e. The first-order chi connectivity index (χ1) is 9.41. The second kappa shape index (κ2) is 4.31. The summed E-state index contributed by atoms with van der Waals surface area (Å²) in [5.74, 6) is 1.88. The van der Waals surface area contributed by atoms with Crippen LogP contribution in [0, 0.1) is 22.0 Å². The molecule has 0 saturated carbocycles. The van der Waals surface area contributed by atoms with Crippen molar-refractivity contribution in [2.75, 3.05) is 30.3 Å². The van der Waals surface area contributed by atoms with Crippen LogP contribution < -0.4 is 16.0 Å². The zero-order valence-electron chi connectivity index (χ0n) is 11.7. The molecule has 0 radical (unpaired) electrons. The highest BCUT2D eigenvalue weighted by atomic mass is 16.6. The molecule has 3 rings (SSSR count). The van der Waals surface area contributed by atoms with Crippen LogP contribution in [0.15, 0.2) is 12.1 Å². The van der Waals surface area contributed by atoms with Crippen molar-refractivity contribution in [1.29, 1.82) is 0 Å². The van der Waals surface area contributed by atoms with Gasteiger partial charge in [-0.15, -0.1) is 0 Å². The van der Waals surface area contributed by atoms with Gasteiger partial charge < -0.3 is 16.0 Å². The summed E-state index contributed by atoms with van der Waals surface area (Å²) < 4.78 is 0. The van der Waals surface area contributed by atoms with Crippen LogP contribution in [-0.2, 0) is 0 Å². The highest BCUT2D eigenvalue weighted by Gasteiger charge is 2.50. The van der Waals surface area contributed by atoms with E-state index in [4.69, 9.17) is 5.73 Å². The summed E-state index contributed by atoms with van der Waals surface area (Å²) in [6.45, 7) is 7.34. The number of nitrogens with two attached hydrogens (primary N) is 1. The SMILES string of the molecule is CC1(C)C2CNCC2CN1c1ccc([N+](=O)[O-])c(N)n1. The number of rotatable bonds is 2. The molecule has 3 N–H and O–H groups in total. The Morgan fingerprint density at radius 3 is 2.85 bits per heavy atom. The maximum atomic E-state index is 10.8. The fourth-order valence-electron chi connectivity index (χ4n) is 3.57. The van der Waals surface area contributed by atoms with Gasteiger partial charge in [-0.2, -0.15) is 0 Å². The van der Waals surface area contributed by atoms with E-state index in [9.17, 15) is 10.1 Å². The van der Waals surface area contributed by atoms with Gasteiger partial charge in [0.05, 0.1) is 4.92 Å². The van der Waals surface area contributed by atoms with Gasteiger partial charge in [0, 0.05) is 31.2 Å². The van der Waals surface area contributed by atoms with E-state index in [-0.39, 0.29) is 17.0 Å². The zero-order chi connectivity index (χ0) is 14.5. The number of hydrogen-bond acceptors (Lipinski definition) is 6. The maximum Gasteiger partial charge on any atom is 0.311 e. The smallest absolute Gasteiger partial charge is 0.311 e. The van der Waals surface area contributed by atoms with Crippen molar-refractivity contribution in [3.8, 4) is 0 Å². The van der Waals surface area contributed by atoms with Gasteiger partial charge in [0.1, 0.15) is 5.82 Å². The van der Waals surface area contributed by atoms with Crippen molar-refractivity contribution >= 4 is 17.3 Å². The van der Waals surface area contributed by atoms with Gasteiger partial charge in [0.2, 0.25) is 5.82 Å². The van der Waals surface area contributed by atoms with Crippen molar-refractivity contribution in [1.82, 2.24) is 10.3 Å². The summed E-state index contributed by atoms with van der Waals surface area (Å²) in [4.78, 5) is 16.8. The molecule has 7 heteroatoms. The molecule has 2 fully saturated rings. The molecule has 1 aromatic heterocycles. The number of aromatic nitrogens is 1. The number of anilines is 2. The number of nitrogen functional groups attached to an aromatic ring is 1. The lowest BCUT2D eigenvalue weighted by atomic mass is 9.85. The Morgan fingerprint density at radius 2 is 2.25 bits per heavy atom. The van der Waals surface area contributed by atoms with Gasteiger partial charge in [0.15, 0.2) is 0 Å². The van der Waals surface area contributed by atoms with E-state index in [1.807, 2.05) is 0 Å². The normalized spacial score (nSPS) is 27.6. The van der Waals surface area contributed by atoms with Crippen LogP contribution in [-0.4, -0.2) is 35.1 Å². The van der Waals surface area contributed by atoms with E-state index >= 15 is 0 Å². The quantitative estimate of drug-likeness (QED) is 0.618. The first-order valence-electron chi connectivity index (χ1n) is 6.80. The molecule has 108 valence electrons. The molecular weight excluding hydrogens is 258 g/mol. The molecule has 0 spiro atoms. The topological polar surface area (TPSA) is 97.3 Å². The second-order valence-electron chi connectivity index (χ2n) is 6.12. The maximum absolute atomic E-state index is 10.8. The van der Waals surface area contributed by atoms with E-state index in [0.717, 1.165) is 25.5 Å². The average molecular weight is 277 g/mol. The summed E-state index contributed by atoms with van der Waals surface area (Å²) >= 11 is 0. The summed E-state index contributed by atoms with van der Waals surface area (Å²) in [5.41, 5.74) is 5.55. The number of nitrogens with zero attached hydrogens (tertiary/aromatic N) is 3. The number of hydrogen-bond donors (Lipinski definition) is 2. The highest BCUT2D eigenvalue weighted by Crippen LogP contribution is 2.43. The van der Waals surface area contributed by atoms with Crippen LogP contribution in [0.25, 0.3) is 0 Å². The molecule has 7 nitrogen and oxygen atoms in total. The molecule has 1 aromatic rings. The van der Waals surface area contributed by atoms with Crippen molar-refractivity contribution in [2.24, 2.45) is 11.8 Å². The first-order valence-corrected chi connectivity index (χ1v) is 6.80. The Hall–Kier alpha value is -1.89. The number of fused-ring (bicyclic) bond motifs is 1. The molecule has 0 amide bonds. The first kappa shape index (κ1) is 13.1. The predicted molar refractivity (Wildman–Crippen MR) is 76.6 cm³/mol. The monoisotopic (exact) mass is 277 g/mol.